The monoisotopic (exact) mass is 332 g/mol. The molecule has 0 fully saturated rings. The standard InChI is InChI=1S/C17H21ClN4O/c1-3-4-11-22(2)16-10-9-15(20-21-16)19-17(23)12-13-5-7-14(18)8-6-13/h5-10H,3-4,11-12H2,1-2H3,(H,19,20,23). The number of aromatic nitrogens is 2. The van der Waals surface area contributed by atoms with Crippen LogP contribution in [0.2, 0.25) is 5.02 Å². The van der Waals surface area contributed by atoms with Gasteiger partial charge in [0.15, 0.2) is 11.6 Å². The van der Waals surface area contributed by atoms with Gasteiger partial charge in [-0.25, -0.2) is 0 Å². The molecule has 0 spiro atoms. The molecule has 0 atom stereocenters. The number of carbonyl (C=O) groups is 1. The molecule has 0 bridgehead atoms. The average molecular weight is 333 g/mol. The van der Waals surface area contributed by atoms with Crippen molar-refractivity contribution in [3.05, 3.63) is 47.0 Å². The van der Waals surface area contributed by atoms with Crippen LogP contribution < -0.4 is 10.2 Å². The van der Waals surface area contributed by atoms with E-state index in [9.17, 15) is 4.79 Å². The molecule has 23 heavy (non-hydrogen) atoms. The molecular formula is C17H21ClN4O. The third-order valence-corrected chi connectivity index (χ3v) is 3.69. The number of unbranched alkanes of at least 4 members (excludes halogenated alkanes) is 1. The molecule has 0 aliphatic heterocycles. The van der Waals surface area contributed by atoms with Gasteiger partial charge in [-0.1, -0.05) is 37.1 Å². The summed E-state index contributed by atoms with van der Waals surface area (Å²) in [4.78, 5) is 14.1. The van der Waals surface area contributed by atoms with Crippen LogP contribution in [0.1, 0.15) is 25.3 Å². The topological polar surface area (TPSA) is 58.1 Å². The number of hydrogen-bond acceptors (Lipinski definition) is 4. The van der Waals surface area contributed by atoms with Crippen LogP contribution in [0, 0.1) is 0 Å². The first-order valence-electron chi connectivity index (χ1n) is 7.67. The van der Waals surface area contributed by atoms with Gasteiger partial charge in [0.25, 0.3) is 0 Å². The molecule has 0 saturated carbocycles. The molecule has 122 valence electrons. The van der Waals surface area contributed by atoms with Crippen LogP contribution in [0.4, 0.5) is 11.6 Å². The number of rotatable bonds is 7. The lowest BCUT2D eigenvalue weighted by Gasteiger charge is -2.16. The minimum absolute atomic E-state index is 0.131. The summed E-state index contributed by atoms with van der Waals surface area (Å²) in [6.07, 6.45) is 2.52. The van der Waals surface area contributed by atoms with Crippen LogP contribution in [-0.2, 0) is 11.2 Å². The molecule has 0 radical (unpaired) electrons. The van der Waals surface area contributed by atoms with Crippen LogP contribution in [0.15, 0.2) is 36.4 Å². The maximum Gasteiger partial charge on any atom is 0.229 e. The summed E-state index contributed by atoms with van der Waals surface area (Å²) in [5.74, 6) is 1.12. The summed E-state index contributed by atoms with van der Waals surface area (Å²) >= 11 is 5.83. The Morgan fingerprint density at radius 3 is 2.52 bits per heavy atom. The Kier molecular flexibility index (Phi) is 6.35. The molecule has 1 aromatic heterocycles. The fourth-order valence-corrected chi connectivity index (χ4v) is 2.21. The number of carbonyl (C=O) groups excluding carboxylic acids is 1. The quantitative estimate of drug-likeness (QED) is 0.842. The zero-order chi connectivity index (χ0) is 16.7. The van der Waals surface area contributed by atoms with Gasteiger partial charge in [0.1, 0.15) is 0 Å². The van der Waals surface area contributed by atoms with E-state index in [2.05, 4.69) is 27.3 Å². The molecule has 0 unspecified atom stereocenters. The second-order valence-electron chi connectivity index (χ2n) is 5.40. The predicted molar refractivity (Wildman–Crippen MR) is 94.0 cm³/mol. The molecule has 1 amide bonds. The van der Waals surface area contributed by atoms with Crippen molar-refractivity contribution in [1.29, 1.82) is 0 Å². The normalized spacial score (nSPS) is 10.4. The first kappa shape index (κ1) is 17.2. The van der Waals surface area contributed by atoms with Crippen LogP contribution in [0.3, 0.4) is 0 Å². The van der Waals surface area contributed by atoms with E-state index in [1.807, 2.05) is 25.2 Å². The Labute approximate surface area is 141 Å². The molecule has 2 rings (SSSR count). The fraction of sp³-hybridized carbons (Fsp3) is 0.353. The van der Waals surface area contributed by atoms with E-state index in [0.717, 1.165) is 30.8 Å². The van der Waals surface area contributed by atoms with E-state index >= 15 is 0 Å². The van der Waals surface area contributed by atoms with Crippen molar-refractivity contribution in [3.8, 4) is 0 Å². The van der Waals surface area contributed by atoms with Gasteiger partial charge in [-0.3, -0.25) is 4.79 Å². The number of halogens is 1. The van der Waals surface area contributed by atoms with Gasteiger partial charge in [0.2, 0.25) is 5.91 Å². The van der Waals surface area contributed by atoms with Gasteiger partial charge < -0.3 is 10.2 Å². The second-order valence-corrected chi connectivity index (χ2v) is 5.84. The number of hydrogen-bond donors (Lipinski definition) is 1. The van der Waals surface area contributed by atoms with Gasteiger partial charge in [-0.05, 0) is 36.2 Å². The molecular weight excluding hydrogens is 312 g/mol. The molecule has 5 nitrogen and oxygen atoms in total. The Balaban J connectivity index is 1.89. The lowest BCUT2D eigenvalue weighted by Crippen LogP contribution is -2.20. The third-order valence-electron chi connectivity index (χ3n) is 3.43. The number of nitrogens with one attached hydrogen (secondary N) is 1. The van der Waals surface area contributed by atoms with Gasteiger partial charge >= 0.3 is 0 Å². The van der Waals surface area contributed by atoms with Crippen LogP contribution in [-0.4, -0.2) is 29.7 Å². The number of benzene rings is 1. The lowest BCUT2D eigenvalue weighted by molar-refractivity contribution is -0.115. The highest BCUT2D eigenvalue weighted by atomic mass is 35.5. The SMILES string of the molecule is CCCCN(C)c1ccc(NC(=O)Cc2ccc(Cl)cc2)nn1. The van der Waals surface area contributed by atoms with Gasteiger partial charge in [-0.15, -0.1) is 10.2 Å². The summed E-state index contributed by atoms with van der Waals surface area (Å²) in [6.45, 7) is 3.09. The first-order valence-corrected chi connectivity index (χ1v) is 8.05. The number of nitrogens with zero attached hydrogens (tertiary/aromatic N) is 3. The maximum atomic E-state index is 12.0. The zero-order valence-corrected chi connectivity index (χ0v) is 14.2. The maximum absolute atomic E-state index is 12.0. The Morgan fingerprint density at radius 2 is 1.91 bits per heavy atom. The second kappa shape index (κ2) is 8.48. The average Bonchev–Trinajstić information content (AvgIpc) is 2.55. The summed E-state index contributed by atoms with van der Waals surface area (Å²) in [5, 5.41) is 11.6. The van der Waals surface area contributed by atoms with E-state index in [4.69, 9.17) is 11.6 Å². The van der Waals surface area contributed by atoms with Crippen molar-refractivity contribution < 1.29 is 4.79 Å². The summed E-state index contributed by atoms with van der Waals surface area (Å²) in [6, 6.07) is 10.8. The van der Waals surface area contributed by atoms with E-state index in [1.54, 1.807) is 18.2 Å². The smallest absolute Gasteiger partial charge is 0.229 e. The highest BCUT2D eigenvalue weighted by Gasteiger charge is 2.07. The summed E-state index contributed by atoms with van der Waals surface area (Å²) in [5.41, 5.74) is 0.899. The minimum Gasteiger partial charge on any atom is -0.358 e. The molecule has 6 heteroatoms. The van der Waals surface area contributed by atoms with E-state index in [0.29, 0.717) is 10.8 Å². The zero-order valence-electron chi connectivity index (χ0n) is 13.4. The number of amides is 1. The summed E-state index contributed by atoms with van der Waals surface area (Å²) < 4.78 is 0. The molecule has 1 heterocycles. The minimum atomic E-state index is -0.131. The fourth-order valence-electron chi connectivity index (χ4n) is 2.08. The van der Waals surface area contributed by atoms with Crippen molar-refractivity contribution in [2.75, 3.05) is 23.8 Å². The predicted octanol–water partition coefficient (Wildman–Crippen LogP) is 3.55. The Hall–Kier alpha value is -2.14. The molecule has 0 aliphatic carbocycles. The highest BCUT2D eigenvalue weighted by Crippen LogP contribution is 2.13. The van der Waals surface area contributed by atoms with Crippen molar-refractivity contribution in [2.45, 2.75) is 26.2 Å². The van der Waals surface area contributed by atoms with Crippen molar-refractivity contribution in [3.63, 3.8) is 0 Å². The molecule has 0 saturated heterocycles. The molecule has 0 aliphatic rings. The highest BCUT2D eigenvalue weighted by molar-refractivity contribution is 6.30. The Bertz CT molecular complexity index is 628. The van der Waals surface area contributed by atoms with Gasteiger partial charge in [0.05, 0.1) is 6.42 Å². The summed E-state index contributed by atoms with van der Waals surface area (Å²) in [7, 11) is 1.98. The Morgan fingerprint density at radius 1 is 1.17 bits per heavy atom. The van der Waals surface area contributed by atoms with Crippen LogP contribution in [0.25, 0.3) is 0 Å². The third kappa shape index (κ3) is 5.53. The largest absolute Gasteiger partial charge is 0.358 e. The van der Waals surface area contributed by atoms with Gasteiger partial charge in [0, 0.05) is 18.6 Å². The van der Waals surface area contributed by atoms with Crippen LogP contribution >= 0.6 is 11.6 Å². The van der Waals surface area contributed by atoms with Crippen molar-refractivity contribution in [1.82, 2.24) is 10.2 Å². The first-order chi connectivity index (χ1) is 11.1. The van der Waals surface area contributed by atoms with Crippen molar-refractivity contribution in [2.24, 2.45) is 0 Å². The van der Waals surface area contributed by atoms with Gasteiger partial charge in [-0.2, -0.15) is 0 Å². The molecule has 1 N–H and O–H groups in total. The molecule has 2 aromatic rings. The lowest BCUT2D eigenvalue weighted by atomic mass is 10.1. The van der Waals surface area contributed by atoms with Crippen LogP contribution in [0.5, 0.6) is 0 Å². The van der Waals surface area contributed by atoms with E-state index in [-0.39, 0.29) is 12.3 Å². The van der Waals surface area contributed by atoms with E-state index < -0.39 is 0 Å². The molecule has 1 aromatic carbocycles. The van der Waals surface area contributed by atoms with E-state index in [1.165, 1.54) is 0 Å². The van der Waals surface area contributed by atoms with Crippen molar-refractivity contribution >= 4 is 29.1 Å². The number of anilines is 2.